The molecule has 4 aromatic rings. The Bertz CT molecular complexity index is 1100. The van der Waals surface area contributed by atoms with Gasteiger partial charge >= 0.3 is 0 Å². The maximum Gasteiger partial charge on any atom is 0.204 e. The topological polar surface area (TPSA) is 47.9 Å². The van der Waals surface area contributed by atoms with Gasteiger partial charge in [-0.25, -0.2) is 0 Å². The van der Waals surface area contributed by atoms with Gasteiger partial charge in [0, 0.05) is 5.56 Å². The third-order valence-electron chi connectivity index (χ3n) is 5.02. The Kier molecular flexibility index (Phi) is 7.40. The van der Waals surface area contributed by atoms with Crippen molar-refractivity contribution in [2.24, 2.45) is 0 Å². The van der Waals surface area contributed by atoms with Gasteiger partial charge in [-0.3, -0.25) is 0 Å². The van der Waals surface area contributed by atoms with Gasteiger partial charge in [0.2, 0.25) is 5.75 Å². The molecule has 4 rings (SSSR count). The zero-order valence-corrected chi connectivity index (χ0v) is 17.8. The lowest BCUT2D eigenvalue weighted by atomic mass is 10.1. The zero-order chi connectivity index (χ0) is 22.0. The Balaban J connectivity index is 1.62. The summed E-state index contributed by atoms with van der Waals surface area (Å²) < 4.78 is 18.5. The van der Waals surface area contributed by atoms with Gasteiger partial charge in [0.05, 0.1) is 6.61 Å². The third kappa shape index (κ3) is 5.68. The highest BCUT2D eigenvalue weighted by Crippen LogP contribution is 2.41. The summed E-state index contributed by atoms with van der Waals surface area (Å²) in [6.07, 6.45) is 0. The summed E-state index contributed by atoms with van der Waals surface area (Å²) in [7, 11) is 0. The number of hydrogen-bond donors (Lipinski definition) is 1. The highest BCUT2D eigenvalue weighted by Gasteiger charge is 2.18. The average molecular weight is 427 g/mol. The Labute approximate surface area is 188 Å². The van der Waals surface area contributed by atoms with E-state index in [1.165, 1.54) is 0 Å². The van der Waals surface area contributed by atoms with E-state index < -0.39 is 0 Å². The Morgan fingerprint density at radius 1 is 0.469 bits per heavy atom. The first kappa shape index (κ1) is 21.5. The normalized spacial score (nSPS) is 10.5. The van der Waals surface area contributed by atoms with Crippen LogP contribution in [0.5, 0.6) is 17.2 Å². The van der Waals surface area contributed by atoms with Gasteiger partial charge < -0.3 is 19.3 Å². The van der Waals surface area contributed by atoms with Crippen molar-refractivity contribution in [1.82, 2.24) is 0 Å². The summed E-state index contributed by atoms with van der Waals surface area (Å²) in [4.78, 5) is 0. The van der Waals surface area contributed by atoms with E-state index in [0.717, 1.165) is 16.7 Å². The molecule has 0 saturated heterocycles. The van der Waals surface area contributed by atoms with Crippen molar-refractivity contribution in [1.29, 1.82) is 0 Å². The highest BCUT2D eigenvalue weighted by molar-refractivity contribution is 5.56. The lowest BCUT2D eigenvalue weighted by Crippen LogP contribution is -2.06. The van der Waals surface area contributed by atoms with Crippen LogP contribution in [-0.4, -0.2) is 5.11 Å². The van der Waals surface area contributed by atoms with Crippen molar-refractivity contribution >= 4 is 0 Å². The summed E-state index contributed by atoms with van der Waals surface area (Å²) in [5.41, 5.74) is 3.77. The zero-order valence-electron chi connectivity index (χ0n) is 17.8. The van der Waals surface area contributed by atoms with E-state index in [1.54, 1.807) is 0 Å². The predicted molar refractivity (Wildman–Crippen MR) is 125 cm³/mol. The van der Waals surface area contributed by atoms with Crippen molar-refractivity contribution in [3.05, 3.63) is 125 Å². The second-order valence-electron chi connectivity index (χ2n) is 7.36. The monoisotopic (exact) mass is 426 g/mol. The molecule has 0 bridgehead atoms. The standard InChI is InChI=1S/C28H26O4/c29-18-25-16-17-26(30-19-22-10-4-1-5-11-22)28(32-21-24-14-8-3-9-15-24)27(25)31-20-23-12-6-2-7-13-23/h1-17,29H,18-21H2. The Morgan fingerprint density at radius 2 is 0.906 bits per heavy atom. The van der Waals surface area contributed by atoms with Crippen molar-refractivity contribution in [2.45, 2.75) is 26.4 Å². The number of benzene rings is 4. The average Bonchev–Trinajstić information content (AvgIpc) is 2.87. The van der Waals surface area contributed by atoms with E-state index in [4.69, 9.17) is 14.2 Å². The van der Waals surface area contributed by atoms with Crippen LogP contribution < -0.4 is 14.2 Å². The minimum atomic E-state index is -0.162. The Hall–Kier alpha value is -3.76. The molecule has 162 valence electrons. The molecule has 0 unspecified atom stereocenters. The summed E-state index contributed by atoms with van der Waals surface area (Å²) in [5.74, 6) is 1.56. The summed E-state index contributed by atoms with van der Waals surface area (Å²) in [5, 5.41) is 9.95. The van der Waals surface area contributed by atoms with Gasteiger partial charge in [0.1, 0.15) is 19.8 Å². The number of aliphatic hydroxyl groups is 1. The fourth-order valence-electron chi connectivity index (χ4n) is 3.31. The molecular weight excluding hydrogens is 400 g/mol. The molecule has 0 spiro atoms. The van der Waals surface area contributed by atoms with Crippen molar-refractivity contribution in [3.8, 4) is 17.2 Å². The van der Waals surface area contributed by atoms with E-state index >= 15 is 0 Å². The second-order valence-corrected chi connectivity index (χ2v) is 7.36. The van der Waals surface area contributed by atoms with Crippen LogP contribution in [0.25, 0.3) is 0 Å². The first-order valence-electron chi connectivity index (χ1n) is 10.6. The van der Waals surface area contributed by atoms with Gasteiger partial charge in [-0.05, 0) is 28.8 Å². The molecule has 0 atom stereocenters. The fourth-order valence-corrected chi connectivity index (χ4v) is 3.31. The molecule has 0 saturated carbocycles. The maximum absolute atomic E-state index is 9.95. The third-order valence-corrected chi connectivity index (χ3v) is 5.02. The van der Waals surface area contributed by atoms with Crippen molar-refractivity contribution in [3.63, 3.8) is 0 Å². The van der Waals surface area contributed by atoms with Gasteiger partial charge in [0.25, 0.3) is 0 Å². The molecule has 0 heterocycles. The SMILES string of the molecule is OCc1ccc(OCc2ccccc2)c(OCc2ccccc2)c1OCc1ccccc1. The van der Waals surface area contributed by atoms with Gasteiger partial charge in [-0.15, -0.1) is 0 Å². The van der Waals surface area contributed by atoms with Crippen LogP contribution in [0.2, 0.25) is 0 Å². The van der Waals surface area contributed by atoms with E-state index in [-0.39, 0.29) is 6.61 Å². The second kappa shape index (κ2) is 11.0. The lowest BCUT2D eigenvalue weighted by molar-refractivity contribution is 0.219. The number of ether oxygens (including phenoxy) is 3. The van der Waals surface area contributed by atoms with Crippen molar-refractivity contribution in [2.75, 3.05) is 0 Å². The Morgan fingerprint density at radius 3 is 1.38 bits per heavy atom. The van der Waals surface area contributed by atoms with Crippen LogP contribution in [0.3, 0.4) is 0 Å². The maximum atomic E-state index is 9.95. The lowest BCUT2D eigenvalue weighted by Gasteiger charge is -2.19. The molecule has 4 nitrogen and oxygen atoms in total. The number of rotatable bonds is 10. The molecule has 0 radical (unpaired) electrons. The van der Waals surface area contributed by atoms with Gasteiger partial charge in [-0.1, -0.05) is 91.0 Å². The molecule has 32 heavy (non-hydrogen) atoms. The molecule has 0 fully saturated rings. The van der Waals surface area contributed by atoms with Crippen LogP contribution in [-0.2, 0) is 26.4 Å². The minimum absolute atomic E-state index is 0.162. The quantitative estimate of drug-likeness (QED) is 0.342. The highest BCUT2D eigenvalue weighted by atomic mass is 16.5. The number of aliphatic hydroxyl groups excluding tert-OH is 1. The minimum Gasteiger partial charge on any atom is -0.485 e. The molecule has 0 aromatic heterocycles. The van der Waals surface area contributed by atoms with Crippen molar-refractivity contribution < 1.29 is 19.3 Å². The molecule has 4 heteroatoms. The first-order valence-corrected chi connectivity index (χ1v) is 10.6. The molecule has 0 amide bonds. The molecule has 0 aliphatic heterocycles. The summed E-state index contributed by atoms with van der Waals surface area (Å²) in [6.45, 7) is 0.959. The predicted octanol–water partition coefficient (Wildman–Crippen LogP) is 5.92. The summed E-state index contributed by atoms with van der Waals surface area (Å²) >= 11 is 0. The van der Waals surface area contributed by atoms with Crippen LogP contribution in [0, 0.1) is 0 Å². The van der Waals surface area contributed by atoms with E-state index in [2.05, 4.69) is 0 Å². The number of hydrogen-bond acceptors (Lipinski definition) is 4. The fraction of sp³-hybridized carbons (Fsp3) is 0.143. The molecular formula is C28H26O4. The van der Waals surface area contributed by atoms with Crippen LogP contribution in [0.15, 0.2) is 103 Å². The smallest absolute Gasteiger partial charge is 0.204 e. The van der Waals surface area contributed by atoms with Crippen LogP contribution >= 0.6 is 0 Å². The molecule has 0 aliphatic rings. The van der Waals surface area contributed by atoms with Crippen LogP contribution in [0.1, 0.15) is 22.3 Å². The molecule has 0 aliphatic carbocycles. The molecule has 4 aromatic carbocycles. The van der Waals surface area contributed by atoms with Gasteiger partial charge in [0.15, 0.2) is 11.5 Å². The van der Waals surface area contributed by atoms with E-state index in [9.17, 15) is 5.11 Å². The van der Waals surface area contributed by atoms with Crippen LogP contribution in [0.4, 0.5) is 0 Å². The summed E-state index contributed by atoms with van der Waals surface area (Å²) in [6, 6.07) is 33.4. The first-order chi connectivity index (χ1) is 15.8. The molecule has 1 N–H and O–H groups in total. The van der Waals surface area contributed by atoms with E-state index in [1.807, 2.05) is 103 Å². The van der Waals surface area contributed by atoms with E-state index in [0.29, 0.717) is 42.6 Å². The largest absolute Gasteiger partial charge is 0.485 e. The van der Waals surface area contributed by atoms with Gasteiger partial charge in [-0.2, -0.15) is 0 Å².